The molecule has 4 aromatic carbocycles. The van der Waals surface area contributed by atoms with Crippen LogP contribution < -0.4 is 19.8 Å². The third-order valence-electron chi connectivity index (χ3n) is 7.89. The number of hydroxylamine groups is 1. The standard InChI is InChI=1S/C32H34N4O7S2/c1-3-33-43-45(40,41)21-9-19-36-30(42-28-17-15-24-11-5-7-13-26(24)32(28)36)22-29-34(2)27-16-14-23-10-4-6-12-25(23)31(27)35(29)18-8-20-44(37,38)39/h4-7,10-17,22,33H,3,8-9,18-21H2,1-2H3/p+1. The van der Waals surface area contributed by atoms with Crippen molar-refractivity contribution in [3.05, 3.63) is 84.5 Å². The molecule has 0 spiro atoms. The number of fused-ring (bicyclic) bond motifs is 6. The van der Waals surface area contributed by atoms with Gasteiger partial charge in [-0.3, -0.25) is 4.55 Å². The van der Waals surface area contributed by atoms with Crippen molar-refractivity contribution in [3.63, 3.8) is 0 Å². The smallest absolute Gasteiger partial charge is 0.377 e. The lowest BCUT2D eigenvalue weighted by Gasteiger charge is -2.22. The van der Waals surface area contributed by atoms with E-state index in [9.17, 15) is 21.4 Å². The average Bonchev–Trinajstić information content (AvgIpc) is 3.50. The summed E-state index contributed by atoms with van der Waals surface area (Å²) in [6.45, 7) is 2.76. The maximum atomic E-state index is 12.4. The number of aromatic nitrogens is 1. The molecule has 0 fully saturated rings. The summed E-state index contributed by atoms with van der Waals surface area (Å²) >= 11 is 0. The lowest BCUT2D eigenvalue weighted by Crippen LogP contribution is -2.37. The van der Waals surface area contributed by atoms with Crippen molar-refractivity contribution in [2.45, 2.75) is 26.3 Å². The van der Waals surface area contributed by atoms with Crippen molar-refractivity contribution >= 4 is 70.3 Å². The van der Waals surface area contributed by atoms with Crippen LogP contribution in [0, 0.1) is 0 Å². The van der Waals surface area contributed by atoms with Crippen molar-refractivity contribution in [2.75, 3.05) is 41.4 Å². The molecule has 1 aliphatic heterocycles. The molecule has 0 amide bonds. The second-order valence-electron chi connectivity index (χ2n) is 10.9. The molecule has 0 bridgehead atoms. The number of hydrogen-bond donors (Lipinski definition) is 2. The molecular weight excluding hydrogens is 617 g/mol. The Labute approximate surface area is 262 Å². The molecule has 0 unspecified atom stereocenters. The molecule has 2 N–H and O–H groups in total. The summed E-state index contributed by atoms with van der Waals surface area (Å²) in [5.41, 5.74) is 5.77. The van der Waals surface area contributed by atoms with Gasteiger partial charge in [-0.15, -0.1) is 0 Å². The fourth-order valence-corrected chi connectivity index (χ4v) is 7.28. The van der Waals surface area contributed by atoms with Crippen LogP contribution in [0.2, 0.25) is 0 Å². The summed E-state index contributed by atoms with van der Waals surface area (Å²) in [7, 11) is -5.99. The van der Waals surface area contributed by atoms with Crippen LogP contribution in [0.3, 0.4) is 0 Å². The molecule has 1 aromatic heterocycles. The molecule has 0 atom stereocenters. The second-order valence-corrected chi connectivity index (χ2v) is 14.2. The van der Waals surface area contributed by atoms with Gasteiger partial charge in [-0.25, -0.2) is 0 Å². The molecule has 0 aliphatic carbocycles. The molecule has 0 saturated heterocycles. The molecule has 11 nitrogen and oxygen atoms in total. The van der Waals surface area contributed by atoms with Gasteiger partial charge < -0.3 is 14.2 Å². The van der Waals surface area contributed by atoms with Crippen molar-refractivity contribution in [1.29, 1.82) is 0 Å². The summed E-state index contributed by atoms with van der Waals surface area (Å²) in [5, 5.41) is 4.03. The van der Waals surface area contributed by atoms with Gasteiger partial charge in [-0.1, -0.05) is 61.5 Å². The van der Waals surface area contributed by atoms with Crippen LogP contribution >= 0.6 is 0 Å². The van der Waals surface area contributed by atoms with E-state index < -0.39 is 20.2 Å². The zero-order chi connectivity index (χ0) is 31.8. The van der Waals surface area contributed by atoms with Gasteiger partial charge in [0.25, 0.3) is 25.8 Å². The molecule has 2 heterocycles. The summed E-state index contributed by atoms with van der Waals surface area (Å²) in [5.74, 6) is 0.683. The Bertz CT molecular complexity index is 2140. The van der Waals surface area contributed by atoms with Gasteiger partial charge in [-0.2, -0.15) is 31.2 Å². The van der Waals surface area contributed by atoms with E-state index in [1.54, 1.807) is 6.92 Å². The number of benzene rings is 4. The molecule has 45 heavy (non-hydrogen) atoms. The first-order valence-electron chi connectivity index (χ1n) is 14.7. The highest BCUT2D eigenvalue weighted by Crippen LogP contribution is 2.46. The highest BCUT2D eigenvalue weighted by molar-refractivity contribution is 7.86. The lowest BCUT2D eigenvalue weighted by atomic mass is 10.1. The van der Waals surface area contributed by atoms with E-state index in [-0.39, 0.29) is 24.3 Å². The van der Waals surface area contributed by atoms with E-state index in [0.717, 1.165) is 44.3 Å². The fraction of sp³-hybridized carbons (Fsp3) is 0.281. The number of anilines is 2. The van der Waals surface area contributed by atoms with Gasteiger partial charge in [0.1, 0.15) is 5.82 Å². The van der Waals surface area contributed by atoms with Crippen molar-refractivity contribution in [2.24, 2.45) is 0 Å². The van der Waals surface area contributed by atoms with Crippen LogP contribution in [0.25, 0.3) is 38.7 Å². The van der Waals surface area contributed by atoms with Crippen molar-refractivity contribution < 1.29 is 34.7 Å². The highest BCUT2D eigenvalue weighted by Gasteiger charge is 2.33. The summed E-state index contributed by atoms with van der Waals surface area (Å²) in [6, 6.07) is 23.9. The van der Waals surface area contributed by atoms with E-state index >= 15 is 0 Å². The largest absolute Gasteiger partial charge is 0.398 e. The van der Waals surface area contributed by atoms with Crippen LogP contribution in [0.5, 0.6) is 0 Å². The molecule has 6 rings (SSSR count). The van der Waals surface area contributed by atoms with Crippen LogP contribution in [-0.2, 0) is 31.1 Å². The Balaban J connectivity index is 1.47. The van der Waals surface area contributed by atoms with Gasteiger partial charge in [-0.05, 0) is 35.4 Å². The van der Waals surface area contributed by atoms with Crippen LogP contribution in [-0.4, -0.2) is 53.0 Å². The topological polar surface area (TPSA) is 133 Å². The number of nitrogens with one attached hydrogen (secondary N) is 1. The molecule has 0 saturated carbocycles. The minimum Gasteiger partial charge on any atom is -0.398 e. The first-order valence-corrected chi connectivity index (χ1v) is 17.9. The maximum Gasteiger partial charge on any atom is 0.377 e. The number of hydrogen-bond acceptors (Lipinski definition) is 9. The minimum absolute atomic E-state index is 0.195. The zero-order valence-corrected chi connectivity index (χ0v) is 26.6. The normalized spacial score (nSPS) is 14.8. The first-order chi connectivity index (χ1) is 21.6. The molecule has 5 aromatic rings. The van der Waals surface area contributed by atoms with Crippen LogP contribution in [0.15, 0.2) is 83.0 Å². The van der Waals surface area contributed by atoms with Crippen LogP contribution in [0.4, 0.5) is 11.4 Å². The Hall–Kier alpha value is -4.01. The first kappa shape index (κ1) is 31.0. The number of aryl methyl sites for hydroxylation is 1. The molecule has 1 aliphatic rings. The zero-order valence-electron chi connectivity index (χ0n) is 25.0. The average molecular weight is 652 g/mol. The summed E-state index contributed by atoms with van der Waals surface area (Å²) < 4.78 is 70.9. The molecular formula is C32H35N4O7S2+. The van der Waals surface area contributed by atoms with Gasteiger partial charge in [0.2, 0.25) is 5.58 Å². The van der Waals surface area contributed by atoms with Gasteiger partial charge in [0.15, 0.2) is 6.54 Å². The third-order valence-corrected chi connectivity index (χ3v) is 9.85. The van der Waals surface area contributed by atoms with E-state index in [1.807, 2.05) is 100 Å². The lowest BCUT2D eigenvalue weighted by molar-refractivity contribution is -0.677. The second kappa shape index (κ2) is 12.4. The van der Waals surface area contributed by atoms with Gasteiger partial charge in [0.05, 0.1) is 34.3 Å². The predicted octanol–water partition coefficient (Wildman–Crippen LogP) is 4.82. The highest BCUT2D eigenvalue weighted by atomic mass is 32.2. The van der Waals surface area contributed by atoms with Crippen molar-refractivity contribution in [1.82, 2.24) is 5.48 Å². The minimum atomic E-state index is -4.14. The Morgan fingerprint density at radius 1 is 0.911 bits per heavy atom. The predicted molar refractivity (Wildman–Crippen MR) is 176 cm³/mol. The van der Waals surface area contributed by atoms with E-state index in [0.29, 0.717) is 31.1 Å². The molecule has 13 heteroatoms. The monoisotopic (exact) mass is 651 g/mol. The SMILES string of the molecule is CCNOS(=O)(=O)CCC[n+]1c(C=C2N(C)c3ccc4ccccc4c3N2CCCS(=O)(=O)O)oc2ccc3ccccc3c21. The fourth-order valence-electron chi connectivity index (χ4n) is 5.93. The number of rotatable bonds is 12. The Kier molecular flexibility index (Phi) is 8.55. The van der Waals surface area contributed by atoms with E-state index in [2.05, 4.69) is 5.48 Å². The number of nitrogens with zero attached hydrogens (tertiary/aromatic N) is 3. The quantitative estimate of drug-likeness (QED) is 0.110. The van der Waals surface area contributed by atoms with Gasteiger partial charge >= 0.3 is 5.89 Å². The molecule has 236 valence electrons. The van der Waals surface area contributed by atoms with Crippen molar-refractivity contribution in [3.8, 4) is 0 Å². The van der Waals surface area contributed by atoms with Crippen LogP contribution in [0.1, 0.15) is 25.7 Å². The Morgan fingerprint density at radius 2 is 1.60 bits per heavy atom. The number of oxazole rings is 1. The van der Waals surface area contributed by atoms with E-state index in [4.69, 9.17) is 8.70 Å². The maximum absolute atomic E-state index is 12.4. The third kappa shape index (κ3) is 6.40. The van der Waals surface area contributed by atoms with E-state index in [1.165, 1.54) is 0 Å². The van der Waals surface area contributed by atoms with Gasteiger partial charge in [0, 0.05) is 31.9 Å². The molecule has 0 radical (unpaired) electrons. The summed E-state index contributed by atoms with van der Waals surface area (Å²) in [4.78, 5) is 4.08. The summed E-state index contributed by atoms with van der Waals surface area (Å²) in [6.07, 6.45) is 2.37. The Morgan fingerprint density at radius 3 is 2.33 bits per heavy atom.